The molecule has 1 aromatic carbocycles. The Morgan fingerprint density at radius 3 is 2.23 bits per heavy atom. The minimum Gasteiger partial charge on any atom is -0.383 e. The molecule has 1 aliphatic heterocycles. The molecule has 174 valence electrons. The van der Waals surface area contributed by atoms with Crippen molar-refractivity contribution in [3.8, 4) is 0 Å². The Morgan fingerprint density at radius 1 is 1.13 bits per heavy atom. The number of carbonyl (C=O) groups is 2. The molecule has 1 aliphatic rings. The molecular weight excluding hydrogens is 428 g/mol. The summed E-state index contributed by atoms with van der Waals surface area (Å²) in [6.45, 7) is 2.90. The normalized spacial score (nSPS) is 17.4. The standard InChI is InChI=1S/C19H30N4O7S/c1-15-4-6-16(7-5-15)31(27,28)23-9-8-22(14-17(23)18(24)20-26)19(25)21(10-12-29-2)11-13-30-3/h4-7,17,26H,8-14H2,1-3H3,(H,20,24). The van der Waals surface area contributed by atoms with Gasteiger partial charge in [-0.2, -0.15) is 4.31 Å². The largest absolute Gasteiger partial charge is 0.383 e. The zero-order chi connectivity index (χ0) is 23.0. The molecule has 0 saturated carbocycles. The summed E-state index contributed by atoms with van der Waals surface area (Å²) in [5.41, 5.74) is 2.41. The molecule has 0 spiro atoms. The van der Waals surface area contributed by atoms with Gasteiger partial charge in [-0.15, -0.1) is 0 Å². The third-order valence-electron chi connectivity index (χ3n) is 5.04. The average Bonchev–Trinajstić information content (AvgIpc) is 2.78. The molecule has 1 fully saturated rings. The molecule has 2 N–H and O–H groups in total. The fourth-order valence-electron chi connectivity index (χ4n) is 3.27. The number of hydrogen-bond acceptors (Lipinski definition) is 7. The number of amides is 3. The van der Waals surface area contributed by atoms with Crippen molar-refractivity contribution in [2.45, 2.75) is 17.9 Å². The summed E-state index contributed by atoms with van der Waals surface area (Å²) in [6.07, 6.45) is 0. The van der Waals surface area contributed by atoms with E-state index in [1.54, 1.807) is 12.1 Å². The highest BCUT2D eigenvalue weighted by Crippen LogP contribution is 2.23. The van der Waals surface area contributed by atoms with Gasteiger partial charge < -0.3 is 19.3 Å². The van der Waals surface area contributed by atoms with Crippen LogP contribution in [0.3, 0.4) is 0 Å². The van der Waals surface area contributed by atoms with Crippen LogP contribution in [0.25, 0.3) is 0 Å². The summed E-state index contributed by atoms with van der Waals surface area (Å²) in [4.78, 5) is 28.3. The van der Waals surface area contributed by atoms with E-state index in [2.05, 4.69) is 0 Å². The van der Waals surface area contributed by atoms with Crippen LogP contribution in [0.1, 0.15) is 5.56 Å². The van der Waals surface area contributed by atoms with Crippen LogP contribution in [-0.2, 0) is 24.3 Å². The number of carbonyl (C=O) groups excluding carboxylic acids is 2. The first kappa shape index (κ1) is 25.0. The predicted molar refractivity (Wildman–Crippen MR) is 111 cm³/mol. The van der Waals surface area contributed by atoms with E-state index >= 15 is 0 Å². The third kappa shape index (κ3) is 6.14. The molecule has 12 heteroatoms. The molecule has 1 aromatic rings. The first-order valence-corrected chi connectivity index (χ1v) is 11.2. The van der Waals surface area contributed by atoms with Crippen molar-refractivity contribution in [2.24, 2.45) is 0 Å². The van der Waals surface area contributed by atoms with Crippen LogP contribution < -0.4 is 5.48 Å². The Morgan fingerprint density at radius 2 is 1.71 bits per heavy atom. The van der Waals surface area contributed by atoms with Crippen LogP contribution in [0, 0.1) is 6.92 Å². The monoisotopic (exact) mass is 458 g/mol. The van der Waals surface area contributed by atoms with Gasteiger partial charge in [-0.05, 0) is 19.1 Å². The lowest BCUT2D eigenvalue weighted by atomic mass is 10.2. The minimum absolute atomic E-state index is 0.0374. The first-order chi connectivity index (χ1) is 14.8. The fraction of sp³-hybridized carbons (Fsp3) is 0.579. The highest BCUT2D eigenvalue weighted by molar-refractivity contribution is 7.89. The molecule has 1 atom stereocenters. The number of nitrogens with one attached hydrogen (secondary N) is 1. The summed E-state index contributed by atoms with van der Waals surface area (Å²) in [7, 11) is -0.965. The minimum atomic E-state index is -4.01. The van der Waals surface area contributed by atoms with Gasteiger partial charge in [0.2, 0.25) is 10.0 Å². The maximum absolute atomic E-state index is 13.1. The molecule has 0 bridgehead atoms. The molecule has 2 rings (SSSR count). The van der Waals surface area contributed by atoms with Crippen LogP contribution in [0.5, 0.6) is 0 Å². The number of piperazine rings is 1. The van der Waals surface area contributed by atoms with Crippen molar-refractivity contribution in [1.29, 1.82) is 0 Å². The first-order valence-electron chi connectivity index (χ1n) is 9.80. The molecule has 1 heterocycles. The number of hydrogen-bond donors (Lipinski definition) is 2. The Hall–Kier alpha value is -2.25. The number of benzene rings is 1. The molecule has 1 saturated heterocycles. The molecule has 31 heavy (non-hydrogen) atoms. The number of ether oxygens (including phenoxy) is 2. The number of urea groups is 1. The van der Waals surface area contributed by atoms with Gasteiger partial charge in [0.1, 0.15) is 6.04 Å². The van der Waals surface area contributed by atoms with Crippen molar-refractivity contribution in [1.82, 2.24) is 19.6 Å². The number of methoxy groups -OCH3 is 2. The van der Waals surface area contributed by atoms with Crippen LogP contribution in [-0.4, -0.2) is 106 Å². The van der Waals surface area contributed by atoms with Gasteiger partial charge in [-0.1, -0.05) is 17.7 Å². The summed E-state index contributed by atoms with van der Waals surface area (Å²) in [6, 6.07) is 4.62. The second kappa shape index (κ2) is 11.4. The Labute approximate surface area is 182 Å². The van der Waals surface area contributed by atoms with Crippen molar-refractivity contribution in [2.75, 3.05) is 60.2 Å². The van der Waals surface area contributed by atoms with E-state index in [0.29, 0.717) is 26.3 Å². The molecule has 0 aromatic heterocycles. The van der Waals surface area contributed by atoms with Crippen molar-refractivity contribution < 1.29 is 32.7 Å². The SMILES string of the molecule is COCCN(CCOC)C(=O)N1CCN(S(=O)(=O)c2ccc(C)cc2)C(C(=O)NO)C1. The van der Waals surface area contributed by atoms with Crippen LogP contribution in [0.2, 0.25) is 0 Å². The highest BCUT2D eigenvalue weighted by Gasteiger charge is 2.42. The molecule has 1 unspecified atom stereocenters. The summed E-state index contributed by atoms with van der Waals surface area (Å²) in [5, 5.41) is 9.18. The van der Waals surface area contributed by atoms with Gasteiger partial charge in [0, 0.05) is 46.9 Å². The fourth-order valence-corrected chi connectivity index (χ4v) is 4.84. The van der Waals surface area contributed by atoms with Gasteiger partial charge in [0.05, 0.1) is 18.1 Å². The zero-order valence-electron chi connectivity index (χ0n) is 18.0. The maximum atomic E-state index is 13.1. The lowest BCUT2D eigenvalue weighted by molar-refractivity contribution is -0.134. The van der Waals surface area contributed by atoms with Crippen molar-refractivity contribution in [3.05, 3.63) is 29.8 Å². The van der Waals surface area contributed by atoms with E-state index in [1.165, 1.54) is 41.6 Å². The second-order valence-corrected chi connectivity index (χ2v) is 9.01. The van der Waals surface area contributed by atoms with Crippen LogP contribution >= 0.6 is 0 Å². The molecule has 0 radical (unpaired) electrons. The second-order valence-electron chi connectivity index (χ2n) is 7.12. The number of sulfonamides is 1. The summed E-state index contributed by atoms with van der Waals surface area (Å²) < 4.78 is 37.4. The molecular formula is C19H30N4O7S. The van der Waals surface area contributed by atoms with E-state index in [-0.39, 0.29) is 30.6 Å². The predicted octanol–water partition coefficient (Wildman–Crippen LogP) is -0.110. The third-order valence-corrected chi connectivity index (χ3v) is 6.97. The molecule has 3 amide bonds. The van der Waals surface area contributed by atoms with E-state index in [9.17, 15) is 23.2 Å². The van der Waals surface area contributed by atoms with E-state index in [1.807, 2.05) is 6.92 Å². The average molecular weight is 459 g/mol. The van der Waals surface area contributed by atoms with Crippen LogP contribution in [0.15, 0.2) is 29.2 Å². The molecule has 0 aliphatic carbocycles. The quantitative estimate of drug-likeness (QED) is 0.390. The Kier molecular flexibility index (Phi) is 9.19. The summed E-state index contributed by atoms with van der Waals surface area (Å²) >= 11 is 0. The number of rotatable bonds is 9. The Balaban J connectivity index is 2.24. The highest BCUT2D eigenvalue weighted by atomic mass is 32.2. The molecule has 11 nitrogen and oxygen atoms in total. The van der Waals surface area contributed by atoms with Gasteiger partial charge in [-0.25, -0.2) is 18.7 Å². The van der Waals surface area contributed by atoms with Crippen molar-refractivity contribution >= 4 is 22.0 Å². The lowest BCUT2D eigenvalue weighted by Crippen LogP contribution is -2.62. The van der Waals surface area contributed by atoms with Gasteiger partial charge in [-0.3, -0.25) is 10.0 Å². The van der Waals surface area contributed by atoms with E-state index in [4.69, 9.17) is 9.47 Å². The van der Waals surface area contributed by atoms with Gasteiger partial charge in [0.25, 0.3) is 5.91 Å². The number of nitrogens with zero attached hydrogens (tertiary/aromatic N) is 3. The van der Waals surface area contributed by atoms with E-state index < -0.39 is 22.0 Å². The summed E-state index contributed by atoms with van der Waals surface area (Å²) in [5.74, 6) is -0.909. The van der Waals surface area contributed by atoms with Gasteiger partial charge >= 0.3 is 6.03 Å². The van der Waals surface area contributed by atoms with E-state index in [0.717, 1.165) is 9.87 Å². The zero-order valence-corrected chi connectivity index (χ0v) is 18.8. The smallest absolute Gasteiger partial charge is 0.320 e. The van der Waals surface area contributed by atoms with Crippen molar-refractivity contribution in [3.63, 3.8) is 0 Å². The lowest BCUT2D eigenvalue weighted by Gasteiger charge is -2.41. The van der Waals surface area contributed by atoms with Crippen LogP contribution in [0.4, 0.5) is 4.79 Å². The Bertz CT molecular complexity index is 839. The maximum Gasteiger partial charge on any atom is 0.320 e. The topological polar surface area (TPSA) is 129 Å². The van der Waals surface area contributed by atoms with Gasteiger partial charge in [0.15, 0.2) is 0 Å². The number of hydroxylamine groups is 1. The number of aryl methyl sites for hydroxylation is 1.